The van der Waals surface area contributed by atoms with Crippen LogP contribution in [0, 0.1) is 29.6 Å². The van der Waals surface area contributed by atoms with E-state index in [4.69, 9.17) is 9.47 Å². The lowest BCUT2D eigenvalue weighted by atomic mass is 9.68. The number of amides is 3. The number of benzene rings is 3. The highest BCUT2D eigenvalue weighted by Crippen LogP contribution is 2.68. The van der Waals surface area contributed by atoms with Gasteiger partial charge in [0.15, 0.2) is 6.61 Å². The van der Waals surface area contributed by atoms with E-state index in [9.17, 15) is 24.0 Å². The standard InChI is InChI=1S/C36H31N3O7S2/c1-2-45-35(43)18-11-13-20(14-12-18)37-25(40)17-46-22-10-6-7-19(15-22)26-27-23-16-24(30(27)47-32-31(26)48-36(44)38-32)29-28(23)33(41)39(34(29)42)21-8-4-3-5-9-21/h3-15,23-24,26-30H,2,16-17H2,1H3,(H,37,40)(H,38,44)/t23-,24-,26+,27-,28+,29+,30-/m1/s1. The lowest BCUT2D eigenvalue weighted by Gasteiger charge is -2.43. The van der Waals surface area contributed by atoms with E-state index in [1.807, 2.05) is 36.4 Å². The molecule has 7 atom stereocenters. The number of carbonyl (C=O) groups is 4. The fourth-order valence-electron chi connectivity index (χ4n) is 8.27. The van der Waals surface area contributed by atoms with Gasteiger partial charge in [0.1, 0.15) is 5.75 Å². The summed E-state index contributed by atoms with van der Waals surface area (Å²) in [6.45, 7) is 1.78. The van der Waals surface area contributed by atoms with E-state index in [0.717, 1.165) is 21.9 Å². The van der Waals surface area contributed by atoms with Crippen molar-refractivity contribution in [2.75, 3.05) is 23.4 Å². The predicted molar refractivity (Wildman–Crippen MR) is 180 cm³/mol. The van der Waals surface area contributed by atoms with E-state index in [-0.39, 0.29) is 70.6 Å². The third kappa shape index (κ3) is 5.05. The molecule has 1 aromatic heterocycles. The molecule has 0 radical (unpaired) electrons. The van der Waals surface area contributed by atoms with E-state index in [0.29, 0.717) is 22.7 Å². The van der Waals surface area contributed by atoms with Gasteiger partial charge in [0.25, 0.3) is 5.91 Å². The average Bonchev–Trinajstić information content (AvgIpc) is 3.83. The topological polar surface area (TPSA) is 135 Å². The van der Waals surface area contributed by atoms with Crippen LogP contribution in [0.1, 0.15) is 40.1 Å². The molecule has 2 bridgehead atoms. The van der Waals surface area contributed by atoms with Gasteiger partial charge in [-0.15, -0.1) is 11.8 Å². The normalized spacial score (nSPS) is 26.5. The van der Waals surface area contributed by atoms with E-state index in [2.05, 4.69) is 10.3 Å². The summed E-state index contributed by atoms with van der Waals surface area (Å²) in [5.41, 5.74) is 2.46. The third-order valence-electron chi connectivity index (χ3n) is 10.0. The minimum Gasteiger partial charge on any atom is -0.484 e. The van der Waals surface area contributed by atoms with Crippen molar-refractivity contribution in [1.29, 1.82) is 0 Å². The Labute approximate surface area is 283 Å². The van der Waals surface area contributed by atoms with E-state index in [1.165, 1.54) is 16.2 Å². The molecule has 1 saturated heterocycles. The van der Waals surface area contributed by atoms with E-state index < -0.39 is 11.9 Å². The van der Waals surface area contributed by atoms with Gasteiger partial charge in [0.2, 0.25) is 11.8 Å². The molecule has 0 unspecified atom stereocenters. The molecule has 0 spiro atoms. The summed E-state index contributed by atoms with van der Waals surface area (Å²) in [5, 5.41) is 3.67. The molecular formula is C36H31N3O7S2. The number of thiazole rings is 1. The predicted octanol–water partition coefficient (Wildman–Crippen LogP) is 5.31. The van der Waals surface area contributed by atoms with Crippen LogP contribution in [0.25, 0.3) is 0 Å². The number of nitrogens with zero attached hydrogens (tertiary/aromatic N) is 1. The molecule has 4 aromatic rings. The first-order valence-corrected chi connectivity index (χ1v) is 17.6. The van der Waals surface area contributed by atoms with Crippen molar-refractivity contribution in [3.05, 3.63) is 105 Å². The van der Waals surface area contributed by atoms with Crippen LogP contribution in [0.5, 0.6) is 5.75 Å². The number of para-hydroxylation sites is 1. The Balaban J connectivity index is 1.03. The molecule has 4 aliphatic rings. The second-order valence-electron chi connectivity index (χ2n) is 12.5. The van der Waals surface area contributed by atoms with Gasteiger partial charge in [0, 0.05) is 21.7 Å². The van der Waals surface area contributed by atoms with Gasteiger partial charge in [-0.25, -0.2) is 4.79 Å². The highest BCUT2D eigenvalue weighted by molar-refractivity contribution is 8.00. The van der Waals surface area contributed by atoms with Gasteiger partial charge >= 0.3 is 10.8 Å². The SMILES string of the molecule is CCOC(=O)c1ccc(NC(=O)COc2cccc([C@@H]3c4sc(=O)[nH]c4S[C@@H]4[C@@H]5C[C@@H]([C@@H]6C(=O)N(c7ccccc7)C(=O)[C@@H]56)[C@H]34)c2)cc1. The molecule has 3 heterocycles. The molecule has 3 aromatic carbocycles. The summed E-state index contributed by atoms with van der Waals surface area (Å²) in [6, 6.07) is 23.2. The lowest BCUT2D eigenvalue weighted by molar-refractivity contribution is -0.123. The molecule has 2 saturated carbocycles. The van der Waals surface area contributed by atoms with Gasteiger partial charge in [-0.05, 0) is 85.2 Å². The Morgan fingerprint density at radius 3 is 2.44 bits per heavy atom. The van der Waals surface area contributed by atoms with Crippen molar-refractivity contribution in [3.8, 4) is 5.75 Å². The van der Waals surface area contributed by atoms with Crippen LogP contribution in [-0.4, -0.2) is 47.1 Å². The highest BCUT2D eigenvalue weighted by Gasteiger charge is 2.69. The van der Waals surface area contributed by atoms with Crippen LogP contribution >= 0.6 is 23.1 Å². The average molecular weight is 682 g/mol. The highest BCUT2D eigenvalue weighted by atomic mass is 32.2. The zero-order valence-electron chi connectivity index (χ0n) is 25.8. The summed E-state index contributed by atoms with van der Waals surface area (Å²) >= 11 is 2.84. The maximum atomic E-state index is 13.9. The number of fused-ring (bicyclic) bond motifs is 9. The van der Waals surface area contributed by atoms with Gasteiger partial charge in [-0.1, -0.05) is 41.7 Å². The van der Waals surface area contributed by atoms with Crippen LogP contribution in [-0.2, 0) is 19.1 Å². The zero-order valence-corrected chi connectivity index (χ0v) is 27.4. The van der Waals surface area contributed by atoms with Crippen LogP contribution in [0.3, 0.4) is 0 Å². The van der Waals surface area contributed by atoms with Crippen LogP contribution < -0.4 is 19.8 Å². The van der Waals surface area contributed by atoms with Crippen molar-refractivity contribution in [1.82, 2.24) is 4.98 Å². The molecule has 3 amide bonds. The van der Waals surface area contributed by atoms with Crippen molar-refractivity contribution in [2.45, 2.75) is 29.5 Å². The number of aromatic nitrogens is 1. The van der Waals surface area contributed by atoms with Crippen molar-refractivity contribution < 1.29 is 28.7 Å². The minimum atomic E-state index is -0.428. The van der Waals surface area contributed by atoms with Gasteiger partial charge in [0.05, 0.1) is 34.7 Å². The van der Waals surface area contributed by atoms with Gasteiger partial charge in [-0.3, -0.25) is 24.1 Å². The second kappa shape index (κ2) is 12.1. The van der Waals surface area contributed by atoms with Crippen LogP contribution in [0.2, 0.25) is 0 Å². The third-order valence-corrected chi connectivity index (χ3v) is 12.6. The molecule has 3 fully saturated rings. The molecule has 48 heavy (non-hydrogen) atoms. The Hall–Kier alpha value is -4.68. The number of carbonyl (C=O) groups excluding carboxylic acids is 4. The number of H-pyrrole nitrogens is 1. The van der Waals surface area contributed by atoms with Crippen molar-refractivity contribution >= 4 is 58.2 Å². The quantitative estimate of drug-likeness (QED) is 0.189. The molecule has 2 N–H and O–H groups in total. The fraction of sp³-hybridized carbons (Fsp3) is 0.306. The Bertz CT molecular complexity index is 1990. The number of esters is 1. The maximum absolute atomic E-state index is 13.9. The summed E-state index contributed by atoms with van der Waals surface area (Å²) in [5.74, 6) is -1.40. The smallest absolute Gasteiger partial charge is 0.338 e. The largest absolute Gasteiger partial charge is 0.484 e. The number of imide groups is 1. The Morgan fingerprint density at radius 1 is 0.938 bits per heavy atom. The monoisotopic (exact) mass is 681 g/mol. The first kappa shape index (κ1) is 30.6. The van der Waals surface area contributed by atoms with E-state index in [1.54, 1.807) is 61.2 Å². The molecule has 2 aliphatic heterocycles. The first-order valence-electron chi connectivity index (χ1n) is 15.9. The Kier molecular flexibility index (Phi) is 7.72. The minimum absolute atomic E-state index is 0.0106. The zero-order chi connectivity index (χ0) is 33.1. The number of aromatic amines is 1. The number of nitrogens with one attached hydrogen (secondary N) is 2. The summed E-state index contributed by atoms with van der Waals surface area (Å²) in [6.07, 6.45) is 0.796. The van der Waals surface area contributed by atoms with Crippen molar-refractivity contribution in [2.24, 2.45) is 29.6 Å². The molecule has 10 nitrogen and oxygen atoms in total. The number of thioether (sulfide) groups is 1. The second-order valence-corrected chi connectivity index (χ2v) is 14.7. The van der Waals surface area contributed by atoms with E-state index >= 15 is 0 Å². The maximum Gasteiger partial charge on any atom is 0.338 e. The van der Waals surface area contributed by atoms with Crippen LogP contribution in [0.4, 0.5) is 11.4 Å². The van der Waals surface area contributed by atoms with Crippen molar-refractivity contribution in [3.63, 3.8) is 0 Å². The number of ether oxygens (including phenoxy) is 2. The summed E-state index contributed by atoms with van der Waals surface area (Å²) in [4.78, 5) is 70.3. The number of anilines is 2. The Morgan fingerprint density at radius 2 is 1.69 bits per heavy atom. The molecule has 12 heteroatoms. The molecule has 244 valence electrons. The molecule has 2 aliphatic carbocycles. The molecule has 8 rings (SSSR count). The van der Waals surface area contributed by atoms with Gasteiger partial charge < -0.3 is 19.8 Å². The number of hydrogen-bond acceptors (Lipinski definition) is 9. The van der Waals surface area contributed by atoms with Crippen LogP contribution in [0.15, 0.2) is 88.7 Å². The van der Waals surface area contributed by atoms with Gasteiger partial charge in [-0.2, -0.15) is 0 Å². The number of rotatable bonds is 8. The summed E-state index contributed by atoms with van der Waals surface area (Å²) in [7, 11) is 0. The number of hydrogen-bond donors (Lipinski definition) is 2. The first-order chi connectivity index (χ1) is 23.3. The summed E-state index contributed by atoms with van der Waals surface area (Å²) < 4.78 is 10.9. The fourth-order valence-corrected chi connectivity index (χ4v) is 11.2. The molecular weight excluding hydrogens is 651 g/mol. The lowest BCUT2D eigenvalue weighted by Crippen LogP contribution is -2.42.